The number of ether oxygens (including phenoxy) is 1. The molecule has 3 aromatic heterocycles. The molecule has 6 rings (SSSR count). The number of aryl methyl sites for hydroxylation is 1. The van der Waals surface area contributed by atoms with E-state index in [2.05, 4.69) is 40.5 Å². The van der Waals surface area contributed by atoms with Crippen molar-refractivity contribution < 1.29 is 14.6 Å². The van der Waals surface area contributed by atoms with Crippen LogP contribution in [0.5, 0.6) is 0 Å². The quantitative estimate of drug-likeness (QED) is 0.387. The fraction of sp³-hybridized carbons (Fsp3) is 0.471. The van der Waals surface area contributed by atoms with Crippen LogP contribution in [-0.2, 0) is 36.3 Å². The number of carbonyl (C=O) groups excluding carboxylic acids is 1. The zero-order valence-electron chi connectivity index (χ0n) is 27.3. The summed E-state index contributed by atoms with van der Waals surface area (Å²) in [5.41, 5.74) is 4.80. The van der Waals surface area contributed by atoms with Gasteiger partial charge in [-0.1, -0.05) is 26.0 Å². The number of rotatable bonds is 8. The summed E-state index contributed by atoms with van der Waals surface area (Å²) in [5, 5.41) is 18.6. The number of pyridine rings is 2. The van der Waals surface area contributed by atoms with Crippen molar-refractivity contribution in [2.24, 2.45) is 12.5 Å². The van der Waals surface area contributed by atoms with E-state index in [-0.39, 0.29) is 23.5 Å². The Morgan fingerprint density at radius 3 is 2.74 bits per heavy atom. The van der Waals surface area contributed by atoms with Crippen LogP contribution in [0.2, 0.25) is 0 Å². The lowest BCUT2D eigenvalue weighted by Crippen LogP contribution is -2.50. The summed E-state index contributed by atoms with van der Waals surface area (Å²) in [5.74, 6) is 0.858. The highest BCUT2D eigenvalue weighted by Gasteiger charge is 2.35. The van der Waals surface area contributed by atoms with E-state index in [1.54, 1.807) is 37.5 Å². The molecule has 1 amide bonds. The van der Waals surface area contributed by atoms with Crippen molar-refractivity contribution >= 4 is 23.2 Å². The molecule has 1 saturated heterocycles. The van der Waals surface area contributed by atoms with Crippen molar-refractivity contribution in [3.63, 3.8) is 0 Å². The van der Waals surface area contributed by atoms with E-state index in [1.807, 2.05) is 22.9 Å². The third-order valence-electron chi connectivity index (χ3n) is 9.20. The molecule has 0 atom stereocenters. The minimum absolute atomic E-state index is 0.116. The fourth-order valence-corrected chi connectivity index (χ4v) is 6.71. The highest BCUT2D eigenvalue weighted by atomic mass is 16.5. The van der Waals surface area contributed by atoms with Crippen LogP contribution < -0.4 is 15.8 Å². The molecule has 244 valence electrons. The highest BCUT2D eigenvalue weighted by Crippen LogP contribution is 2.36. The molecule has 0 saturated carbocycles. The number of hydrogen-bond acceptors (Lipinski definition) is 9. The van der Waals surface area contributed by atoms with Gasteiger partial charge in [0.1, 0.15) is 17.2 Å². The molecule has 2 N–H and O–H groups in total. The van der Waals surface area contributed by atoms with Crippen LogP contribution in [0.25, 0.3) is 11.1 Å². The Labute approximate surface area is 269 Å². The second-order valence-corrected chi connectivity index (χ2v) is 13.2. The van der Waals surface area contributed by atoms with Gasteiger partial charge in [0.15, 0.2) is 5.82 Å². The Balaban J connectivity index is 1.29. The van der Waals surface area contributed by atoms with Crippen molar-refractivity contribution in [3.8, 4) is 11.1 Å². The van der Waals surface area contributed by atoms with Gasteiger partial charge in [0.05, 0.1) is 25.5 Å². The molecule has 3 aliphatic heterocycles. The Hall–Kier alpha value is -4.26. The second-order valence-electron chi connectivity index (χ2n) is 13.2. The number of aliphatic hydroxyl groups is 1. The number of piperazine rings is 1. The van der Waals surface area contributed by atoms with Crippen molar-refractivity contribution in [2.45, 2.75) is 46.4 Å². The van der Waals surface area contributed by atoms with Crippen molar-refractivity contribution in [2.75, 3.05) is 56.7 Å². The average molecular weight is 629 g/mol. The normalized spacial score (nSPS) is 19.6. The van der Waals surface area contributed by atoms with Crippen LogP contribution in [0, 0.1) is 5.41 Å². The number of anilines is 3. The van der Waals surface area contributed by atoms with Gasteiger partial charge < -0.3 is 24.6 Å². The molecular weight excluding hydrogens is 584 g/mol. The van der Waals surface area contributed by atoms with E-state index in [0.717, 1.165) is 56.8 Å². The SMILES string of the molecule is C=C1/C=C2/C(=O)N(c3nccc(-c4cc(Nc5cc6n(n5)CCN(CCOC)C6)c(=O)n(C)c4)c3CO)CCN2CCC(C)(C)C1. The molecule has 46 heavy (non-hydrogen) atoms. The smallest absolute Gasteiger partial charge is 0.275 e. The van der Waals surface area contributed by atoms with Crippen LogP contribution in [-0.4, -0.2) is 86.6 Å². The van der Waals surface area contributed by atoms with E-state index >= 15 is 0 Å². The maximum atomic E-state index is 13.9. The largest absolute Gasteiger partial charge is 0.392 e. The molecule has 12 nitrogen and oxygen atoms in total. The molecule has 6 heterocycles. The number of nitrogens with one attached hydrogen (secondary N) is 1. The third kappa shape index (κ3) is 6.37. The van der Waals surface area contributed by atoms with Gasteiger partial charge in [0.2, 0.25) is 0 Å². The monoisotopic (exact) mass is 628 g/mol. The molecule has 3 aromatic rings. The first-order valence-corrected chi connectivity index (χ1v) is 15.9. The van der Waals surface area contributed by atoms with Crippen molar-refractivity contribution in [1.29, 1.82) is 0 Å². The maximum Gasteiger partial charge on any atom is 0.275 e. The molecule has 0 radical (unpaired) electrons. The molecule has 0 aromatic carbocycles. The van der Waals surface area contributed by atoms with Crippen molar-refractivity contribution in [3.05, 3.63) is 76.1 Å². The average Bonchev–Trinajstić information content (AvgIpc) is 3.42. The van der Waals surface area contributed by atoms with Gasteiger partial charge in [0.25, 0.3) is 11.5 Å². The second kappa shape index (κ2) is 12.9. The first-order chi connectivity index (χ1) is 22.1. The Morgan fingerprint density at radius 1 is 1.13 bits per heavy atom. The maximum absolute atomic E-state index is 13.9. The van der Waals surface area contributed by atoms with Crippen LogP contribution in [0.4, 0.5) is 17.3 Å². The zero-order chi connectivity index (χ0) is 32.6. The number of amides is 1. The van der Waals surface area contributed by atoms with Gasteiger partial charge in [-0.25, -0.2) is 4.98 Å². The van der Waals surface area contributed by atoms with E-state index in [9.17, 15) is 14.7 Å². The Kier molecular flexibility index (Phi) is 8.86. The van der Waals surface area contributed by atoms with Gasteiger partial charge in [-0.15, -0.1) is 0 Å². The predicted octanol–water partition coefficient (Wildman–Crippen LogP) is 3.25. The number of methoxy groups -OCH3 is 1. The summed E-state index contributed by atoms with van der Waals surface area (Å²) in [6, 6.07) is 5.55. The van der Waals surface area contributed by atoms with Gasteiger partial charge in [-0.2, -0.15) is 5.10 Å². The third-order valence-corrected chi connectivity index (χ3v) is 9.20. The first kappa shape index (κ1) is 31.7. The van der Waals surface area contributed by atoms with Gasteiger partial charge in [0, 0.05) is 83.0 Å². The summed E-state index contributed by atoms with van der Waals surface area (Å²) in [6.07, 6.45) is 7.08. The van der Waals surface area contributed by atoms with Crippen LogP contribution in [0.1, 0.15) is 37.9 Å². The molecule has 3 aliphatic rings. The molecule has 0 spiro atoms. The minimum atomic E-state index is -0.328. The molecule has 1 fully saturated rings. The lowest BCUT2D eigenvalue weighted by molar-refractivity contribution is -0.118. The molecule has 12 heteroatoms. The molecular formula is C34H44N8O4. The lowest BCUT2D eigenvalue weighted by Gasteiger charge is -2.41. The van der Waals surface area contributed by atoms with Gasteiger partial charge in [-0.3, -0.25) is 24.1 Å². The fourth-order valence-electron chi connectivity index (χ4n) is 6.71. The predicted molar refractivity (Wildman–Crippen MR) is 178 cm³/mol. The number of carbonyl (C=O) groups is 1. The first-order valence-electron chi connectivity index (χ1n) is 15.9. The number of hydrogen-bond donors (Lipinski definition) is 2. The number of aliphatic hydroxyl groups excluding tert-OH is 1. The summed E-state index contributed by atoms with van der Waals surface area (Å²) in [4.78, 5) is 37.9. The summed E-state index contributed by atoms with van der Waals surface area (Å²) in [6.45, 7) is 14.2. The number of fused-ring (bicyclic) bond motifs is 2. The molecule has 0 unspecified atom stereocenters. The van der Waals surface area contributed by atoms with Gasteiger partial charge >= 0.3 is 0 Å². The Bertz CT molecular complexity index is 1740. The molecule has 0 aliphatic carbocycles. The number of allylic oxidation sites excluding steroid dienone is 2. The summed E-state index contributed by atoms with van der Waals surface area (Å²) in [7, 11) is 3.40. The number of aromatic nitrogens is 4. The summed E-state index contributed by atoms with van der Waals surface area (Å²) >= 11 is 0. The molecule has 0 bridgehead atoms. The van der Waals surface area contributed by atoms with Gasteiger partial charge in [-0.05, 0) is 42.0 Å². The van der Waals surface area contributed by atoms with E-state index in [0.29, 0.717) is 59.4 Å². The van der Waals surface area contributed by atoms with Crippen LogP contribution >= 0.6 is 0 Å². The van der Waals surface area contributed by atoms with E-state index in [1.165, 1.54) is 4.57 Å². The lowest BCUT2D eigenvalue weighted by atomic mass is 9.81. The highest BCUT2D eigenvalue weighted by molar-refractivity contribution is 6.06. The number of nitrogens with zero attached hydrogens (tertiary/aromatic N) is 7. The Morgan fingerprint density at radius 2 is 1.96 bits per heavy atom. The summed E-state index contributed by atoms with van der Waals surface area (Å²) < 4.78 is 8.71. The van der Waals surface area contributed by atoms with Crippen molar-refractivity contribution in [1.82, 2.24) is 29.1 Å². The van der Waals surface area contributed by atoms with E-state index < -0.39 is 0 Å². The standard InChI is InChI=1S/C34H44N8O4/c1-23-16-29-33(45)41(12-11-40(29)9-7-34(2,3)19-23)31-27(22-43)26(6-8-35-31)24-17-28(32(44)38(4)20-24)36-30-18-25-21-39(14-15-46-5)10-13-42(25)37-30/h6,8,16-18,20,43H,1,7,9-15,19,21-22H2,2-5H3,(H,36,37)/b29-16-. The van der Waals surface area contributed by atoms with Crippen LogP contribution in [0.15, 0.2) is 59.3 Å². The zero-order valence-corrected chi connectivity index (χ0v) is 27.3. The minimum Gasteiger partial charge on any atom is -0.392 e. The van der Waals surface area contributed by atoms with E-state index in [4.69, 9.17) is 9.84 Å². The topological polar surface area (TPSA) is 121 Å². The van der Waals surface area contributed by atoms with Crippen LogP contribution in [0.3, 0.4) is 0 Å².